The van der Waals surface area contributed by atoms with Crippen molar-refractivity contribution in [2.24, 2.45) is 5.92 Å². The van der Waals surface area contributed by atoms with Crippen molar-refractivity contribution in [3.8, 4) is 11.3 Å². The molecule has 2 aromatic rings. The number of furan rings is 1. The van der Waals surface area contributed by atoms with Crippen LogP contribution in [0.3, 0.4) is 0 Å². The molecule has 3 fully saturated rings. The van der Waals surface area contributed by atoms with E-state index in [2.05, 4.69) is 17.1 Å². The summed E-state index contributed by atoms with van der Waals surface area (Å²) in [6.45, 7) is 4.22. The molecule has 4 heterocycles. The standard InChI is InChI=1S/C20H22F3N3O4S/c1-12-18(14-8-10-26(12)11-9-14)24-19(27)17-7-6-16(30-17)13-2-4-15(5-3-13)25-31(28,29)20(21,22)23/h2-7,12,14,18,25H,8-11H2,1H3,(H,24,27)/t12-,18+/m1/s1. The maximum atomic E-state index is 12.7. The minimum Gasteiger partial charge on any atom is -0.451 e. The second-order valence-electron chi connectivity index (χ2n) is 7.91. The van der Waals surface area contributed by atoms with E-state index in [1.54, 1.807) is 6.07 Å². The van der Waals surface area contributed by atoms with Crippen LogP contribution in [-0.2, 0) is 10.0 Å². The SMILES string of the molecule is C[C@@H]1[C@H](NC(=O)c2ccc(-c3ccc(NS(=O)(=O)C(F)(F)F)cc3)o2)C2CCN1CC2. The fourth-order valence-electron chi connectivity index (χ4n) is 4.30. The van der Waals surface area contributed by atoms with Gasteiger partial charge in [0.15, 0.2) is 5.76 Å². The maximum Gasteiger partial charge on any atom is 0.516 e. The molecule has 0 spiro atoms. The Balaban J connectivity index is 1.43. The van der Waals surface area contributed by atoms with Crippen molar-refractivity contribution < 1.29 is 30.8 Å². The van der Waals surface area contributed by atoms with Gasteiger partial charge in [0.1, 0.15) is 5.76 Å². The molecule has 1 amide bonds. The Bertz CT molecular complexity index is 1060. The molecule has 2 atom stereocenters. The van der Waals surface area contributed by atoms with Crippen LogP contribution < -0.4 is 10.0 Å². The topological polar surface area (TPSA) is 91.7 Å². The first-order valence-electron chi connectivity index (χ1n) is 9.89. The number of nitrogens with zero attached hydrogens (tertiary/aromatic N) is 1. The zero-order valence-electron chi connectivity index (χ0n) is 16.6. The van der Waals surface area contributed by atoms with Crippen LogP contribution in [0.1, 0.15) is 30.3 Å². The van der Waals surface area contributed by atoms with Gasteiger partial charge in [-0.1, -0.05) is 0 Å². The number of piperidine rings is 3. The lowest BCUT2D eigenvalue weighted by Crippen LogP contribution is -2.62. The zero-order valence-corrected chi connectivity index (χ0v) is 17.5. The van der Waals surface area contributed by atoms with Crippen molar-refractivity contribution >= 4 is 21.6 Å². The number of amides is 1. The second kappa shape index (κ2) is 7.86. The van der Waals surface area contributed by atoms with Crippen LogP contribution in [0.4, 0.5) is 18.9 Å². The predicted molar refractivity (Wildman–Crippen MR) is 108 cm³/mol. The zero-order chi connectivity index (χ0) is 22.4. The summed E-state index contributed by atoms with van der Waals surface area (Å²) in [7, 11) is -5.49. The van der Waals surface area contributed by atoms with Gasteiger partial charge >= 0.3 is 15.5 Å². The Morgan fingerprint density at radius 3 is 2.32 bits per heavy atom. The number of carbonyl (C=O) groups excluding carboxylic acids is 1. The molecular formula is C20H22F3N3O4S. The van der Waals surface area contributed by atoms with Gasteiger partial charge in [-0.25, -0.2) is 0 Å². The molecule has 31 heavy (non-hydrogen) atoms. The minimum atomic E-state index is -5.49. The van der Waals surface area contributed by atoms with Gasteiger partial charge in [-0.05, 0) is 75.2 Å². The van der Waals surface area contributed by atoms with Crippen LogP contribution >= 0.6 is 0 Å². The number of alkyl halides is 3. The quantitative estimate of drug-likeness (QED) is 0.718. The number of carbonyl (C=O) groups is 1. The van der Waals surface area contributed by atoms with Crippen molar-refractivity contribution in [2.45, 2.75) is 37.4 Å². The van der Waals surface area contributed by atoms with E-state index in [9.17, 15) is 26.4 Å². The van der Waals surface area contributed by atoms with Crippen LogP contribution in [0, 0.1) is 5.92 Å². The molecule has 5 rings (SSSR count). The van der Waals surface area contributed by atoms with E-state index in [0.29, 0.717) is 17.2 Å². The van der Waals surface area contributed by atoms with Crippen molar-refractivity contribution in [3.63, 3.8) is 0 Å². The van der Waals surface area contributed by atoms with E-state index in [1.165, 1.54) is 35.1 Å². The molecule has 3 aliphatic rings. The summed E-state index contributed by atoms with van der Waals surface area (Å²) < 4.78 is 66.9. The molecule has 1 aromatic carbocycles. The fraction of sp³-hybridized carbons (Fsp3) is 0.450. The molecule has 168 valence electrons. The number of hydrogen-bond donors (Lipinski definition) is 2. The molecule has 2 N–H and O–H groups in total. The van der Waals surface area contributed by atoms with Gasteiger partial charge in [0.2, 0.25) is 0 Å². The van der Waals surface area contributed by atoms with E-state index in [-0.39, 0.29) is 29.4 Å². The first-order valence-corrected chi connectivity index (χ1v) is 11.4. The van der Waals surface area contributed by atoms with Gasteiger partial charge in [0, 0.05) is 23.3 Å². The number of nitrogens with one attached hydrogen (secondary N) is 2. The number of benzene rings is 1. The van der Waals surface area contributed by atoms with Crippen molar-refractivity contribution in [2.75, 3.05) is 17.8 Å². The van der Waals surface area contributed by atoms with Crippen LogP contribution in [0.5, 0.6) is 0 Å². The van der Waals surface area contributed by atoms with Gasteiger partial charge in [-0.2, -0.15) is 21.6 Å². The van der Waals surface area contributed by atoms with Crippen LogP contribution in [-0.4, -0.2) is 49.9 Å². The average molecular weight is 457 g/mol. The number of fused-ring (bicyclic) bond motifs is 3. The molecule has 0 saturated carbocycles. The summed E-state index contributed by atoms with van der Waals surface area (Å²) in [4.78, 5) is 15.0. The van der Waals surface area contributed by atoms with Crippen molar-refractivity contribution in [3.05, 3.63) is 42.2 Å². The van der Waals surface area contributed by atoms with E-state index in [1.807, 2.05) is 0 Å². The van der Waals surface area contributed by atoms with Crippen molar-refractivity contribution in [1.82, 2.24) is 10.2 Å². The third-order valence-corrected chi connectivity index (χ3v) is 7.15. The highest BCUT2D eigenvalue weighted by Gasteiger charge is 2.46. The highest BCUT2D eigenvalue weighted by molar-refractivity contribution is 7.93. The summed E-state index contributed by atoms with van der Waals surface area (Å²) in [5.41, 5.74) is -5.14. The van der Waals surface area contributed by atoms with Crippen LogP contribution in [0.25, 0.3) is 11.3 Å². The second-order valence-corrected chi connectivity index (χ2v) is 9.58. The normalized spacial score (nSPS) is 25.9. The lowest BCUT2D eigenvalue weighted by atomic mass is 9.79. The molecular weight excluding hydrogens is 435 g/mol. The highest BCUT2D eigenvalue weighted by Crippen LogP contribution is 2.33. The van der Waals surface area contributed by atoms with Gasteiger partial charge in [0.05, 0.1) is 0 Å². The molecule has 3 aliphatic heterocycles. The molecule has 7 nitrogen and oxygen atoms in total. The Morgan fingerprint density at radius 1 is 1.10 bits per heavy atom. The summed E-state index contributed by atoms with van der Waals surface area (Å²) in [6.07, 6.45) is 2.12. The van der Waals surface area contributed by atoms with Gasteiger partial charge in [0.25, 0.3) is 5.91 Å². The smallest absolute Gasteiger partial charge is 0.451 e. The Kier molecular flexibility index (Phi) is 5.50. The van der Waals surface area contributed by atoms with Crippen molar-refractivity contribution in [1.29, 1.82) is 0 Å². The molecule has 3 saturated heterocycles. The van der Waals surface area contributed by atoms with Gasteiger partial charge < -0.3 is 9.73 Å². The van der Waals surface area contributed by atoms with Crippen LogP contribution in [0.2, 0.25) is 0 Å². The molecule has 0 aliphatic carbocycles. The molecule has 2 bridgehead atoms. The average Bonchev–Trinajstić information content (AvgIpc) is 3.21. The largest absolute Gasteiger partial charge is 0.516 e. The summed E-state index contributed by atoms with van der Waals surface area (Å²) in [5.74, 6) is 0.621. The van der Waals surface area contributed by atoms with E-state index < -0.39 is 15.5 Å². The monoisotopic (exact) mass is 457 g/mol. The van der Waals surface area contributed by atoms with Gasteiger partial charge in [-0.15, -0.1) is 0 Å². The predicted octanol–water partition coefficient (Wildman–Crippen LogP) is 3.42. The van der Waals surface area contributed by atoms with E-state index in [0.717, 1.165) is 25.9 Å². The number of anilines is 1. The molecule has 0 unspecified atom stereocenters. The minimum absolute atomic E-state index is 0.0597. The fourth-order valence-corrected chi connectivity index (χ4v) is 4.86. The summed E-state index contributed by atoms with van der Waals surface area (Å²) >= 11 is 0. The van der Waals surface area contributed by atoms with Crippen LogP contribution in [0.15, 0.2) is 40.8 Å². The maximum absolute atomic E-state index is 12.7. The third kappa shape index (κ3) is 4.29. The first kappa shape index (κ1) is 21.7. The highest BCUT2D eigenvalue weighted by atomic mass is 32.2. The Morgan fingerprint density at radius 2 is 1.74 bits per heavy atom. The van der Waals surface area contributed by atoms with Gasteiger partial charge in [-0.3, -0.25) is 14.4 Å². The number of rotatable bonds is 5. The lowest BCUT2D eigenvalue weighted by Gasteiger charge is -2.49. The number of halogens is 3. The molecule has 1 aromatic heterocycles. The van der Waals surface area contributed by atoms with E-state index >= 15 is 0 Å². The van der Waals surface area contributed by atoms with E-state index in [4.69, 9.17) is 4.42 Å². The number of hydrogen-bond acceptors (Lipinski definition) is 5. The first-order chi connectivity index (χ1) is 14.5. The number of sulfonamides is 1. The molecule has 11 heteroatoms. The third-order valence-electron chi connectivity index (χ3n) is 6.03. The lowest BCUT2D eigenvalue weighted by molar-refractivity contribution is -0.0429. The Labute approximate surface area is 177 Å². The summed E-state index contributed by atoms with van der Waals surface area (Å²) in [6, 6.07) is 8.64. The summed E-state index contributed by atoms with van der Waals surface area (Å²) in [5, 5.41) is 3.07. The molecule has 0 radical (unpaired) electrons. The Hall–Kier alpha value is -2.53.